The Bertz CT molecular complexity index is 378. The molecule has 2 aromatic heterocycles. The summed E-state index contributed by atoms with van der Waals surface area (Å²) in [6.07, 6.45) is 2.29. The Morgan fingerprint density at radius 2 is 1.81 bits per heavy atom. The molecule has 0 aromatic carbocycles. The first-order chi connectivity index (χ1) is 7.84. The van der Waals surface area contributed by atoms with Crippen LogP contribution in [0, 0.1) is 0 Å². The predicted molar refractivity (Wildman–Crippen MR) is 73.5 cm³/mol. The lowest BCUT2D eigenvalue weighted by molar-refractivity contribution is 0.553. The molecule has 16 heavy (non-hydrogen) atoms. The van der Waals surface area contributed by atoms with Crippen molar-refractivity contribution in [1.29, 1.82) is 0 Å². The van der Waals surface area contributed by atoms with Gasteiger partial charge in [0.05, 0.1) is 0 Å². The second-order valence-corrected chi connectivity index (χ2v) is 6.03. The Hall–Kier alpha value is -0.640. The highest BCUT2D eigenvalue weighted by Gasteiger charge is 2.03. The van der Waals surface area contributed by atoms with Gasteiger partial charge in [0.2, 0.25) is 0 Å². The van der Waals surface area contributed by atoms with Crippen LogP contribution in [0.5, 0.6) is 0 Å². The topological polar surface area (TPSA) is 12.0 Å². The molecule has 0 saturated carbocycles. The van der Waals surface area contributed by atoms with E-state index in [1.54, 1.807) is 0 Å². The smallest absolute Gasteiger partial charge is 0.00871 e. The van der Waals surface area contributed by atoms with Crippen LogP contribution in [0.15, 0.2) is 35.0 Å². The monoisotopic (exact) mass is 251 g/mol. The lowest BCUT2D eigenvalue weighted by atomic mass is 10.2. The van der Waals surface area contributed by atoms with Crippen molar-refractivity contribution in [2.75, 3.05) is 6.54 Å². The highest BCUT2D eigenvalue weighted by molar-refractivity contribution is 7.10. The third-order valence-electron chi connectivity index (χ3n) is 2.53. The predicted octanol–water partition coefficient (Wildman–Crippen LogP) is 3.57. The fourth-order valence-corrected chi connectivity index (χ4v) is 3.24. The Balaban J connectivity index is 1.66. The molecular weight excluding hydrogens is 234 g/mol. The second kappa shape index (κ2) is 6.18. The van der Waals surface area contributed by atoms with Crippen LogP contribution in [0.2, 0.25) is 0 Å². The van der Waals surface area contributed by atoms with Gasteiger partial charge in [-0.25, -0.2) is 0 Å². The highest BCUT2D eigenvalue weighted by atomic mass is 32.1. The maximum Gasteiger partial charge on any atom is 0.00871 e. The summed E-state index contributed by atoms with van der Waals surface area (Å²) in [4.78, 5) is 2.94. The molecule has 2 aromatic rings. The normalized spacial score (nSPS) is 12.8. The van der Waals surface area contributed by atoms with E-state index >= 15 is 0 Å². The minimum Gasteiger partial charge on any atom is -0.314 e. The molecule has 0 fully saturated rings. The Morgan fingerprint density at radius 1 is 1.12 bits per heavy atom. The minimum absolute atomic E-state index is 0.568. The summed E-state index contributed by atoms with van der Waals surface area (Å²) in [5.41, 5.74) is 0. The van der Waals surface area contributed by atoms with E-state index in [9.17, 15) is 0 Å². The van der Waals surface area contributed by atoms with Crippen molar-refractivity contribution in [1.82, 2.24) is 5.32 Å². The van der Waals surface area contributed by atoms with Crippen LogP contribution < -0.4 is 5.32 Å². The van der Waals surface area contributed by atoms with E-state index in [4.69, 9.17) is 0 Å². The molecule has 1 nitrogen and oxygen atoms in total. The van der Waals surface area contributed by atoms with E-state index in [0.717, 1.165) is 19.4 Å². The first-order valence-electron chi connectivity index (χ1n) is 5.63. The third kappa shape index (κ3) is 3.74. The minimum atomic E-state index is 0.568. The Kier molecular flexibility index (Phi) is 4.57. The van der Waals surface area contributed by atoms with Gasteiger partial charge in [-0.1, -0.05) is 12.1 Å². The molecule has 2 heterocycles. The number of nitrogens with one attached hydrogen (secondary N) is 1. The maximum absolute atomic E-state index is 3.57. The van der Waals surface area contributed by atoms with Crippen LogP contribution in [-0.2, 0) is 12.8 Å². The summed E-state index contributed by atoms with van der Waals surface area (Å²) in [7, 11) is 0. The van der Waals surface area contributed by atoms with Crippen molar-refractivity contribution in [3.8, 4) is 0 Å². The SMILES string of the molecule is CC(Cc1cccs1)NCCc1cccs1. The average molecular weight is 251 g/mol. The van der Waals surface area contributed by atoms with E-state index in [1.807, 2.05) is 22.7 Å². The Morgan fingerprint density at radius 3 is 2.44 bits per heavy atom. The van der Waals surface area contributed by atoms with Gasteiger partial charge in [-0.2, -0.15) is 0 Å². The second-order valence-electron chi connectivity index (χ2n) is 3.97. The van der Waals surface area contributed by atoms with Crippen LogP contribution in [0.4, 0.5) is 0 Å². The standard InChI is InChI=1S/C13H17NS2/c1-11(10-13-5-3-9-16-13)14-7-6-12-4-2-8-15-12/h2-5,8-9,11,14H,6-7,10H2,1H3. The van der Waals surface area contributed by atoms with Crippen LogP contribution in [0.3, 0.4) is 0 Å². The summed E-state index contributed by atoms with van der Waals surface area (Å²) in [6.45, 7) is 3.33. The molecule has 0 aliphatic carbocycles. The number of hydrogen-bond donors (Lipinski definition) is 1. The molecule has 0 bridgehead atoms. The zero-order valence-corrected chi connectivity index (χ0v) is 11.1. The highest BCUT2D eigenvalue weighted by Crippen LogP contribution is 2.11. The molecule has 86 valence electrons. The summed E-state index contributed by atoms with van der Waals surface area (Å²) in [6, 6.07) is 9.23. The number of rotatable bonds is 6. The molecule has 0 spiro atoms. The van der Waals surface area contributed by atoms with Crippen LogP contribution in [0.1, 0.15) is 16.7 Å². The van der Waals surface area contributed by atoms with E-state index in [1.165, 1.54) is 9.75 Å². The van der Waals surface area contributed by atoms with Gasteiger partial charge >= 0.3 is 0 Å². The number of hydrogen-bond acceptors (Lipinski definition) is 3. The van der Waals surface area contributed by atoms with Crippen molar-refractivity contribution >= 4 is 22.7 Å². The van der Waals surface area contributed by atoms with E-state index in [2.05, 4.69) is 47.3 Å². The number of thiophene rings is 2. The lowest BCUT2D eigenvalue weighted by Gasteiger charge is -2.12. The summed E-state index contributed by atoms with van der Waals surface area (Å²) >= 11 is 3.69. The van der Waals surface area contributed by atoms with Gasteiger partial charge < -0.3 is 5.32 Å². The molecule has 1 N–H and O–H groups in total. The molecule has 0 aliphatic heterocycles. The molecule has 0 aliphatic rings. The summed E-state index contributed by atoms with van der Waals surface area (Å²) < 4.78 is 0. The lowest BCUT2D eigenvalue weighted by Crippen LogP contribution is -2.29. The fourth-order valence-electron chi connectivity index (χ4n) is 1.70. The first-order valence-corrected chi connectivity index (χ1v) is 7.38. The van der Waals surface area contributed by atoms with Crippen molar-refractivity contribution in [2.24, 2.45) is 0 Å². The van der Waals surface area contributed by atoms with Crippen molar-refractivity contribution in [2.45, 2.75) is 25.8 Å². The summed E-state index contributed by atoms with van der Waals surface area (Å²) in [5, 5.41) is 7.86. The van der Waals surface area contributed by atoms with Crippen molar-refractivity contribution < 1.29 is 0 Å². The van der Waals surface area contributed by atoms with Crippen molar-refractivity contribution in [3.05, 3.63) is 44.8 Å². The molecule has 3 heteroatoms. The van der Waals surface area contributed by atoms with Crippen LogP contribution in [-0.4, -0.2) is 12.6 Å². The molecule has 2 rings (SSSR count). The molecule has 0 saturated heterocycles. The van der Waals surface area contributed by atoms with Gasteiger partial charge in [0, 0.05) is 22.3 Å². The molecule has 1 unspecified atom stereocenters. The summed E-state index contributed by atoms with van der Waals surface area (Å²) in [5.74, 6) is 0. The fraction of sp³-hybridized carbons (Fsp3) is 0.385. The van der Waals surface area contributed by atoms with Gasteiger partial charge in [-0.3, -0.25) is 0 Å². The molecule has 0 amide bonds. The largest absolute Gasteiger partial charge is 0.314 e. The van der Waals surface area contributed by atoms with E-state index < -0.39 is 0 Å². The Labute approximate surface area is 105 Å². The first kappa shape index (κ1) is 11.8. The van der Waals surface area contributed by atoms with Crippen LogP contribution >= 0.6 is 22.7 Å². The molecule has 0 radical (unpaired) electrons. The molecule has 1 atom stereocenters. The third-order valence-corrected chi connectivity index (χ3v) is 4.37. The maximum atomic E-state index is 3.57. The van der Waals surface area contributed by atoms with E-state index in [-0.39, 0.29) is 0 Å². The van der Waals surface area contributed by atoms with Gasteiger partial charge in [-0.05, 0) is 42.7 Å². The molecular formula is C13H17NS2. The van der Waals surface area contributed by atoms with Gasteiger partial charge in [0.25, 0.3) is 0 Å². The zero-order valence-electron chi connectivity index (χ0n) is 9.48. The van der Waals surface area contributed by atoms with E-state index in [0.29, 0.717) is 6.04 Å². The quantitative estimate of drug-likeness (QED) is 0.827. The van der Waals surface area contributed by atoms with Crippen LogP contribution in [0.25, 0.3) is 0 Å². The van der Waals surface area contributed by atoms with Crippen molar-refractivity contribution in [3.63, 3.8) is 0 Å². The average Bonchev–Trinajstić information content (AvgIpc) is 2.90. The van der Waals surface area contributed by atoms with Gasteiger partial charge in [0.1, 0.15) is 0 Å². The zero-order chi connectivity index (χ0) is 11.2. The van der Waals surface area contributed by atoms with Gasteiger partial charge in [0.15, 0.2) is 0 Å². The van der Waals surface area contributed by atoms with Gasteiger partial charge in [-0.15, -0.1) is 22.7 Å².